The Balaban J connectivity index is 1.64. The quantitative estimate of drug-likeness (QED) is 0.698. The number of carbonyl (C=O) groups excluding carboxylic acids is 2. The van der Waals surface area contributed by atoms with Crippen LogP contribution in [0, 0.1) is 5.92 Å². The van der Waals surface area contributed by atoms with Crippen molar-refractivity contribution in [3.8, 4) is 0 Å². The number of rotatable bonds is 7. The van der Waals surface area contributed by atoms with Crippen molar-refractivity contribution >= 4 is 40.9 Å². The summed E-state index contributed by atoms with van der Waals surface area (Å²) < 4.78 is 0. The molecule has 2 N–H and O–H groups in total. The van der Waals surface area contributed by atoms with E-state index in [2.05, 4.69) is 5.32 Å². The summed E-state index contributed by atoms with van der Waals surface area (Å²) in [5, 5.41) is 11.7. The number of nitrogens with zero attached hydrogens (tertiary/aromatic N) is 1. The standard InChI is InChI=1S/C21H22N2O4S/c1-28-18-7-3-6-17(12-18)23-13-15(11-19(23)24)21(27)22-16-5-2-4-14(10-16)8-9-20(25)26/h2-7,10,12,15H,8-9,11,13H2,1H3,(H,22,27)(H,25,26). The molecule has 1 fully saturated rings. The Labute approximate surface area is 167 Å². The van der Waals surface area contributed by atoms with Gasteiger partial charge < -0.3 is 15.3 Å². The van der Waals surface area contributed by atoms with Crippen LogP contribution in [0.15, 0.2) is 53.4 Å². The van der Waals surface area contributed by atoms with E-state index in [1.807, 2.05) is 36.6 Å². The minimum absolute atomic E-state index is 0.0403. The van der Waals surface area contributed by atoms with Crippen LogP contribution in [-0.4, -0.2) is 35.7 Å². The normalized spacial score (nSPS) is 16.2. The molecule has 0 aliphatic carbocycles. The molecule has 1 atom stereocenters. The van der Waals surface area contributed by atoms with Crippen LogP contribution in [0.5, 0.6) is 0 Å². The SMILES string of the molecule is CSc1cccc(N2CC(C(=O)Nc3cccc(CCC(=O)O)c3)CC2=O)c1. The van der Waals surface area contributed by atoms with Crippen LogP contribution in [-0.2, 0) is 20.8 Å². The predicted molar refractivity (Wildman–Crippen MR) is 110 cm³/mol. The number of carboxylic acid groups (broad SMARTS) is 1. The lowest BCUT2D eigenvalue weighted by Crippen LogP contribution is -2.28. The monoisotopic (exact) mass is 398 g/mol. The van der Waals surface area contributed by atoms with Crippen LogP contribution in [0.3, 0.4) is 0 Å². The first-order valence-corrected chi connectivity index (χ1v) is 10.2. The number of hydrogen-bond acceptors (Lipinski definition) is 4. The average Bonchev–Trinajstić information content (AvgIpc) is 3.08. The van der Waals surface area contributed by atoms with Gasteiger partial charge in [0.15, 0.2) is 0 Å². The minimum atomic E-state index is -0.857. The van der Waals surface area contributed by atoms with Gasteiger partial charge in [-0.25, -0.2) is 0 Å². The Morgan fingerprint density at radius 1 is 1.21 bits per heavy atom. The first kappa shape index (κ1) is 19.9. The maximum Gasteiger partial charge on any atom is 0.303 e. The van der Waals surface area contributed by atoms with E-state index in [9.17, 15) is 14.4 Å². The molecule has 1 aliphatic heterocycles. The summed E-state index contributed by atoms with van der Waals surface area (Å²) in [6, 6.07) is 14.9. The molecule has 2 aromatic rings. The Morgan fingerprint density at radius 2 is 2.00 bits per heavy atom. The topological polar surface area (TPSA) is 86.7 Å². The first-order valence-electron chi connectivity index (χ1n) is 9.02. The number of carbonyl (C=O) groups is 3. The lowest BCUT2D eigenvalue weighted by Gasteiger charge is -2.17. The molecule has 6 nitrogen and oxygen atoms in total. The van der Waals surface area contributed by atoms with Gasteiger partial charge in [0.1, 0.15) is 0 Å². The number of hydrogen-bond donors (Lipinski definition) is 2. The van der Waals surface area contributed by atoms with Crippen molar-refractivity contribution in [3.05, 3.63) is 54.1 Å². The Hall–Kier alpha value is -2.80. The van der Waals surface area contributed by atoms with Gasteiger partial charge in [-0.3, -0.25) is 14.4 Å². The highest BCUT2D eigenvalue weighted by molar-refractivity contribution is 7.98. The summed E-state index contributed by atoms with van der Waals surface area (Å²) in [5.74, 6) is -1.54. The Morgan fingerprint density at radius 3 is 2.75 bits per heavy atom. The highest BCUT2D eigenvalue weighted by atomic mass is 32.2. The van der Waals surface area contributed by atoms with E-state index in [4.69, 9.17) is 5.11 Å². The summed E-state index contributed by atoms with van der Waals surface area (Å²) >= 11 is 1.60. The van der Waals surface area contributed by atoms with Gasteiger partial charge in [-0.15, -0.1) is 11.8 Å². The summed E-state index contributed by atoms with van der Waals surface area (Å²) in [6.45, 7) is 0.348. The van der Waals surface area contributed by atoms with Gasteiger partial charge >= 0.3 is 5.97 Å². The van der Waals surface area contributed by atoms with Gasteiger partial charge in [0, 0.05) is 35.7 Å². The maximum absolute atomic E-state index is 12.6. The number of nitrogens with one attached hydrogen (secondary N) is 1. The van der Waals surface area contributed by atoms with Gasteiger partial charge in [-0.2, -0.15) is 0 Å². The molecule has 1 heterocycles. The van der Waals surface area contributed by atoms with Crippen molar-refractivity contribution in [2.75, 3.05) is 23.0 Å². The van der Waals surface area contributed by atoms with E-state index in [1.165, 1.54) is 0 Å². The van der Waals surface area contributed by atoms with Gasteiger partial charge in [-0.1, -0.05) is 18.2 Å². The van der Waals surface area contributed by atoms with Gasteiger partial charge in [-0.05, 0) is 48.6 Å². The van der Waals surface area contributed by atoms with E-state index < -0.39 is 11.9 Å². The van der Waals surface area contributed by atoms with Crippen molar-refractivity contribution in [1.82, 2.24) is 0 Å². The molecule has 1 saturated heterocycles. The van der Waals surface area contributed by atoms with Crippen LogP contribution in [0.25, 0.3) is 0 Å². The molecule has 7 heteroatoms. The maximum atomic E-state index is 12.6. The molecule has 0 aromatic heterocycles. The lowest BCUT2D eigenvalue weighted by molar-refractivity contribution is -0.137. The number of amides is 2. The van der Waals surface area contributed by atoms with E-state index in [0.717, 1.165) is 16.1 Å². The lowest BCUT2D eigenvalue weighted by atomic mass is 10.1. The van der Waals surface area contributed by atoms with Crippen LogP contribution < -0.4 is 10.2 Å². The highest BCUT2D eigenvalue weighted by Gasteiger charge is 2.35. The fourth-order valence-corrected chi connectivity index (χ4v) is 3.66. The number of aliphatic carboxylic acids is 1. The van der Waals surface area contributed by atoms with Crippen LogP contribution in [0.1, 0.15) is 18.4 Å². The zero-order valence-corrected chi connectivity index (χ0v) is 16.4. The zero-order valence-electron chi connectivity index (χ0n) is 15.6. The van der Waals surface area contributed by atoms with Gasteiger partial charge in [0.25, 0.3) is 0 Å². The molecular formula is C21H22N2O4S. The molecule has 0 bridgehead atoms. The molecule has 28 heavy (non-hydrogen) atoms. The van der Waals surface area contributed by atoms with Crippen molar-refractivity contribution in [3.63, 3.8) is 0 Å². The van der Waals surface area contributed by atoms with Crippen LogP contribution in [0.2, 0.25) is 0 Å². The largest absolute Gasteiger partial charge is 0.481 e. The predicted octanol–water partition coefficient (Wildman–Crippen LogP) is 3.42. The number of aryl methyl sites for hydroxylation is 1. The number of benzene rings is 2. The van der Waals surface area contributed by atoms with Crippen molar-refractivity contribution < 1.29 is 19.5 Å². The first-order chi connectivity index (χ1) is 13.5. The summed E-state index contributed by atoms with van der Waals surface area (Å²) in [7, 11) is 0. The Kier molecular flexibility index (Phi) is 6.36. The second-order valence-corrected chi connectivity index (χ2v) is 7.57. The van der Waals surface area contributed by atoms with Crippen molar-refractivity contribution in [1.29, 1.82) is 0 Å². The summed E-state index contributed by atoms with van der Waals surface area (Å²) in [5.41, 5.74) is 2.27. The Bertz CT molecular complexity index is 899. The molecule has 146 valence electrons. The minimum Gasteiger partial charge on any atom is -0.481 e. The third kappa shape index (κ3) is 4.92. The van der Waals surface area contributed by atoms with Crippen molar-refractivity contribution in [2.24, 2.45) is 5.92 Å². The fraction of sp³-hybridized carbons (Fsp3) is 0.286. The van der Waals surface area contributed by atoms with Gasteiger partial charge in [0.2, 0.25) is 11.8 Å². The molecule has 1 aliphatic rings. The smallest absolute Gasteiger partial charge is 0.303 e. The van der Waals surface area contributed by atoms with Crippen LogP contribution >= 0.6 is 11.8 Å². The van der Waals surface area contributed by atoms with E-state index in [1.54, 1.807) is 34.9 Å². The zero-order chi connectivity index (χ0) is 20.1. The molecular weight excluding hydrogens is 376 g/mol. The highest BCUT2D eigenvalue weighted by Crippen LogP contribution is 2.29. The molecule has 1 unspecified atom stereocenters. The van der Waals surface area contributed by atoms with Crippen LogP contribution in [0.4, 0.5) is 11.4 Å². The summed E-state index contributed by atoms with van der Waals surface area (Å²) in [6.07, 6.45) is 2.60. The molecule has 2 aromatic carbocycles. The van der Waals surface area contributed by atoms with E-state index in [-0.39, 0.29) is 24.7 Å². The third-order valence-corrected chi connectivity index (χ3v) is 5.41. The number of thioether (sulfide) groups is 1. The molecule has 2 amide bonds. The molecule has 3 rings (SSSR count). The third-order valence-electron chi connectivity index (χ3n) is 4.68. The second kappa shape index (κ2) is 8.93. The summed E-state index contributed by atoms with van der Waals surface area (Å²) in [4.78, 5) is 38.5. The average molecular weight is 398 g/mol. The molecule has 0 saturated carbocycles. The number of carboxylic acids is 1. The molecule has 0 spiro atoms. The fourth-order valence-electron chi connectivity index (χ4n) is 3.21. The van der Waals surface area contributed by atoms with E-state index in [0.29, 0.717) is 18.7 Å². The van der Waals surface area contributed by atoms with Gasteiger partial charge in [0.05, 0.1) is 5.92 Å². The molecule has 0 radical (unpaired) electrons. The second-order valence-electron chi connectivity index (χ2n) is 6.69. The van der Waals surface area contributed by atoms with Crippen molar-refractivity contribution in [2.45, 2.75) is 24.2 Å². The number of anilines is 2. The van der Waals surface area contributed by atoms with E-state index >= 15 is 0 Å².